The van der Waals surface area contributed by atoms with Crippen molar-refractivity contribution in [3.05, 3.63) is 65.5 Å². The number of nitrogens with zero attached hydrogens (tertiary/aromatic N) is 3. The maximum Gasteiger partial charge on any atom is 0.128 e. The lowest BCUT2D eigenvalue weighted by Gasteiger charge is -2.08. The molecule has 0 amide bonds. The summed E-state index contributed by atoms with van der Waals surface area (Å²) in [5, 5.41) is 8.89. The maximum absolute atomic E-state index is 13.8. The second-order valence-electron chi connectivity index (χ2n) is 4.67. The first-order valence-electron chi connectivity index (χ1n) is 6.44. The van der Waals surface area contributed by atoms with E-state index in [1.54, 1.807) is 28.8 Å². The number of benzene rings is 2. The number of nitriles is 1. The van der Waals surface area contributed by atoms with Crippen LogP contribution in [0.5, 0.6) is 0 Å². The molecule has 0 unspecified atom stereocenters. The Morgan fingerprint density at radius 1 is 1.14 bits per heavy atom. The van der Waals surface area contributed by atoms with Crippen molar-refractivity contribution in [2.75, 3.05) is 0 Å². The third-order valence-corrected chi connectivity index (χ3v) is 3.31. The van der Waals surface area contributed by atoms with E-state index in [2.05, 4.69) is 4.98 Å². The van der Waals surface area contributed by atoms with Gasteiger partial charge in [0, 0.05) is 11.6 Å². The fourth-order valence-corrected chi connectivity index (χ4v) is 2.33. The summed E-state index contributed by atoms with van der Waals surface area (Å²) in [5.41, 5.74) is 1.65. The van der Waals surface area contributed by atoms with Gasteiger partial charge in [0.05, 0.1) is 30.1 Å². The van der Waals surface area contributed by atoms with E-state index in [0.29, 0.717) is 22.4 Å². The lowest BCUT2D eigenvalue weighted by atomic mass is 10.2. The fraction of sp³-hybridized carbons (Fsp3) is 0.125. The predicted molar refractivity (Wildman–Crippen MR) is 74.5 cm³/mol. The van der Waals surface area contributed by atoms with E-state index in [1.807, 2.05) is 6.07 Å². The van der Waals surface area contributed by atoms with Crippen LogP contribution < -0.4 is 0 Å². The average molecular weight is 283 g/mol. The summed E-state index contributed by atoms with van der Waals surface area (Å²) in [6.07, 6.45) is 0.0880. The third kappa shape index (κ3) is 2.48. The Morgan fingerprint density at radius 3 is 2.71 bits per heavy atom. The van der Waals surface area contributed by atoms with Crippen LogP contribution in [0.25, 0.3) is 11.0 Å². The van der Waals surface area contributed by atoms with Crippen LogP contribution in [0.1, 0.15) is 11.4 Å². The van der Waals surface area contributed by atoms with Crippen molar-refractivity contribution in [2.24, 2.45) is 0 Å². The lowest BCUT2D eigenvalue weighted by Crippen LogP contribution is -2.06. The Kier molecular flexibility index (Phi) is 3.36. The molecule has 0 aliphatic carbocycles. The van der Waals surface area contributed by atoms with Gasteiger partial charge in [0.25, 0.3) is 0 Å². The molecule has 1 aromatic heterocycles. The number of aromatic nitrogens is 2. The zero-order chi connectivity index (χ0) is 14.8. The molecule has 0 fully saturated rings. The fourth-order valence-electron chi connectivity index (χ4n) is 2.33. The summed E-state index contributed by atoms with van der Waals surface area (Å²) >= 11 is 0. The molecule has 0 atom stereocenters. The molecule has 3 rings (SSSR count). The van der Waals surface area contributed by atoms with Crippen molar-refractivity contribution in [1.29, 1.82) is 5.26 Å². The Morgan fingerprint density at radius 2 is 1.95 bits per heavy atom. The van der Waals surface area contributed by atoms with Crippen molar-refractivity contribution in [3.63, 3.8) is 0 Å². The maximum atomic E-state index is 13.8. The monoisotopic (exact) mass is 283 g/mol. The lowest BCUT2D eigenvalue weighted by molar-refractivity contribution is 0.598. The van der Waals surface area contributed by atoms with Gasteiger partial charge in [-0.2, -0.15) is 5.26 Å². The molecule has 5 heteroatoms. The van der Waals surface area contributed by atoms with Crippen LogP contribution in [0.4, 0.5) is 8.78 Å². The Balaban J connectivity index is 2.14. The number of imidazole rings is 1. The zero-order valence-electron chi connectivity index (χ0n) is 11.1. The van der Waals surface area contributed by atoms with Gasteiger partial charge in [-0.3, -0.25) is 0 Å². The topological polar surface area (TPSA) is 41.6 Å². The van der Waals surface area contributed by atoms with Crippen LogP contribution in [0.15, 0.2) is 42.5 Å². The molecule has 104 valence electrons. The average Bonchev–Trinajstić information content (AvgIpc) is 2.79. The van der Waals surface area contributed by atoms with E-state index in [9.17, 15) is 8.78 Å². The molecule has 0 bridgehead atoms. The molecule has 2 aromatic carbocycles. The van der Waals surface area contributed by atoms with Gasteiger partial charge in [0.15, 0.2) is 0 Å². The van der Waals surface area contributed by atoms with Crippen molar-refractivity contribution in [2.45, 2.75) is 13.0 Å². The molecule has 3 nitrogen and oxygen atoms in total. The van der Waals surface area contributed by atoms with Gasteiger partial charge in [-0.15, -0.1) is 0 Å². The van der Waals surface area contributed by atoms with Crippen LogP contribution in [-0.4, -0.2) is 9.55 Å². The van der Waals surface area contributed by atoms with Gasteiger partial charge in [0.2, 0.25) is 0 Å². The molecule has 3 aromatic rings. The van der Waals surface area contributed by atoms with Gasteiger partial charge in [-0.05, 0) is 18.2 Å². The summed E-state index contributed by atoms with van der Waals surface area (Å²) in [4.78, 5) is 4.27. The summed E-state index contributed by atoms with van der Waals surface area (Å²) in [6, 6.07) is 12.7. The van der Waals surface area contributed by atoms with E-state index in [1.165, 1.54) is 18.2 Å². The highest BCUT2D eigenvalue weighted by Crippen LogP contribution is 2.20. The number of fused-ring (bicyclic) bond motifs is 1. The molecule has 0 saturated carbocycles. The minimum absolute atomic E-state index is 0.0880. The molecule has 1 heterocycles. The summed E-state index contributed by atoms with van der Waals surface area (Å²) < 4.78 is 28.8. The first-order valence-corrected chi connectivity index (χ1v) is 6.44. The standard InChI is InChI=1S/C16H11F2N3/c17-12-5-6-15-14(9-12)20-16(7-8-19)21(15)10-11-3-1-2-4-13(11)18/h1-6,9H,7,10H2. The zero-order valence-corrected chi connectivity index (χ0v) is 11.1. The molecule has 0 spiro atoms. The normalized spacial score (nSPS) is 10.7. The molecular formula is C16H11F2N3. The number of hydrogen-bond donors (Lipinski definition) is 0. The van der Waals surface area contributed by atoms with Crippen molar-refractivity contribution >= 4 is 11.0 Å². The number of rotatable bonds is 3. The first-order chi connectivity index (χ1) is 10.2. The molecule has 0 radical (unpaired) electrons. The van der Waals surface area contributed by atoms with E-state index < -0.39 is 0 Å². The third-order valence-electron chi connectivity index (χ3n) is 3.31. The number of hydrogen-bond acceptors (Lipinski definition) is 2. The van der Waals surface area contributed by atoms with Gasteiger partial charge in [-0.25, -0.2) is 13.8 Å². The molecule has 0 aliphatic heterocycles. The smallest absolute Gasteiger partial charge is 0.128 e. The van der Waals surface area contributed by atoms with Gasteiger partial charge in [-0.1, -0.05) is 18.2 Å². The van der Waals surface area contributed by atoms with Gasteiger partial charge < -0.3 is 4.57 Å². The predicted octanol–water partition coefficient (Wildman–Crippen LogP) is 3.43. The van der Waals surface area contributed by atoms with E-state index >= 15 is 0 Å². The number of halogens is 2. The minimum Gasteiger partial charge on any atom is -0.322 e. The minimum atomic E-state index is -0.387. The molecule has 0 saturated heterocycles. The van der Waals surface area contributed by atoms with E-state index in [0.717, 1.165) is 0 Å². The van der Waals surface area contributed by atoms with E-state index in [4.69, 9.17) is 5.26 Å². The van der Waals surface area contributed by atoms with Crippen LogP contribution >= 0.6 is 0 Å². The summed E-state index contributed by atoms with van der Waals surface area (Å²) in [7, 11) is 0. The first kappa shape index (κ1) is 13.3. The van der Waals surface area contributed by atoms with Crippen molar-refractivity contribution in [1.82, 2.24) is 9.55 Å². The molecule has 0 aliphatic rings. The Hall–Kier alpha value is -2.74. The molecule has 21 heavy (non-hydrogen) atoms. The largest absolute Gasteiger partial charge is 0.322 e. The summed E-state index contributed by atoms with van der Waals surface area (Å²) in [6.45, 7) is 0.256. The highest BCUT2D eigenvalue weighted by atomic mass is 19.1. The van der Waals surface area contributed by atoms with Crippen molar-refractivity contribution in [3.8, 4) is 6.07 Å². The second kappa shape index (κ2) is 5.33. The van der Waals surface area contributed by atoms with Crippen LogP contribution in [0.2, 0.25) is 0 Å². The van der Waals surface area contributed by atoms with Gasteiger partial charge >= 0.3 is 0 Å². The molecule has 0 N–H and O–H groups in total. The summed E-state index contributed by atoms with van der Waals surface area (Å²) in [5.74, 6) is -0.202. The Labute approximate surface area is 120 Å². The Bertz CT molecular complexity index is 846. The van der Waals surface area contributed by atoms with Crippen LogP contribution in [-0.2, 0) is 13.0 Å². The van der Waals surface area contributed by atoms with E-state index in [-0.39, 0.29) is 24.6 Å². The van der Waals surface area contributed by atoms with Crippen LogP contribution in [0.3, 0.4) is 0 Å². The highest BCUT2D eigenvalue weighted by Gasteiger charge is 2.13. The second-order valence-corrected chi connectivity index (χ2v) is 4.67. The van der Waals surface area contributed by atoms with Crippen LogP contribution in [0, 0.1) is 23.0 Å². The van der Waals surface area contributed by atoms with Crippen molar-refractivity contribution < 1.29 is 8.78 Å². The highest BCUT2D eigenvalue weighted by molar-refractivity contribution is 5.76. The quantitative estimate of drug-likeness (QED) is 0.739. The molecular weight excluding hydrogens is 272 g/mol. The SMILES string of the molecule is N#CCc1nc2cc(F)ccc2n1Cc1ccccc1F. The van der Waals surface area contributed by atoms with Gasteiger partial charge in [0.1, 0.15) is 17.5 Å².